The Balaban J connectivity index is 4.62. The summed E-state index contributed by atoms with van der Waals surface area (Å²) < 4.78 is 20.1. The fraction of sp³-hybridized carbons (Fsp3) is 0.833. The molecule has 6 heteroatoms. The molecule has 18 heavy (non-hydrogen) atoms. The van der Waals surface area contributed by atoms with Crippen LogP contribution in [0.3, 0.4) is 0 Å². The second kappa shape index (κ2) is 8.05. The largest absolute Gasteiger partial charge is 0.466 e. The molecule has 6 nitrogen and oxygen atoms in total. The van der Waals surface area contributed by atoms with Gasteiger partial charge in [-0.3, -0.25) is 4.79 Å². The second-order valence-corrected chi connectivity index (χ2v) is 3.97. The summed E-state index contributed by atoms with van der Waals surface area (Å²) in [5.74, 6) is -2.10. The molecule has 106 valence electrons. The summed E-state index contributed by atoms with van der Waals surface area (Å²) >= 11 is 0. The first-order valence-electron chi connectivity index (χ1n) is 5.91. The van der Waals surface area contributed by atoms with Gasteiger partial charge in [0.2, 0.25) is 0 Å². The molecule has 0 bridgehead atoms. The number of hydrogen-bond acceptors (Lipinski definition) is 6. The van der Waals surface area contributed by atoms with E-state index in [0.717, 1.165) is 0 Å². The van der Waals surface area contributed by atoms with Crippen molar-refractivity contribution in [3.05, 3.63) is 0 Å². The maximum absolute atomic E-state index is 11.7. The Morgan fingerprint density at radius 2 is 1.67 bits per heavy atom. The molecule has 0 saturated carbocycles. The van der Waals surface area contributed by atoms with E-state index in [0.29, 0.717) is 0 Å². The van der Waals surface area contributed by atoms with Gasteiger partial charge >= 0.3 is 11.9 Å². The zero-order chi connectivity index (χ0) is 14.2. The zero-order valence-corrected chi connectivity index (χ0v) is 11.6. The van der Waals surface area contributed by atoms with Gasteiger partial charge in [-0.25, -0.2) is 4.79 Å². The monoisotopic (exact) mass is 262 g/mol. The molecule has 1 atom stereocenters. The fourth-order valence-electron chi connectivity index (χ4n) is 1.17. The molecule has 0 spiro atoms. The van der Waals surface area contributed by atoms with Gasteiger partial charge in [0.15, 0.2) is 11.9 Å². The maximum atomic E-state index is 11.7. The van der Waals surface area contributed by atoms with Crippen molar-refractivity contribution in [2.75, 3.05) is 20.3 Å². The highest BCUT2D eigenvalue weighted by Crippen LogP contribution is 2.16. The average Bonchev–Trinajstić information content (AvgIpc) is 2.28. The lowest BCUT2D eigenvalue weighted by molar-refractivity contribution is -0.232. The van der Waals surface area contributed by atoms with Crippen LogP contribution < -0.4 is 0 Å². The van der Waals surface area contributed by atoms with Gasteiger partial charge < -0.3 is 18.9 Å². The summed E-state index contributed by atoms with van der Waals surface area (Å²) in [4.78, 5) is 23.1. The Morgan fingerprint density at radius 1 is 1.11 bits per heavy atom. The van der Waals surface area contributed by atoms with Crippen LogP contribution >= 0.6 is 0 Å². The first-order chi connectivity index (χ1) is 8.36. The molecule has 0 saturated heterocycles. The van der Waals surface area contributed by atoms with Crippen molar-refractivity contribution < 1.29 is 28.5 Å². The summed E-state index contributed by atoms with van der Waals surface area (Å²) in [6.45, 7) is 7.13. The lowest BCUT2D eigenvalue weighted by Gasteiger charge is -2.27. The van der Waals surface area contributed by atoms with Crippen LogP contribution in [0.4, 0.5) is 0 Å². The molecule has 0 N–H and O–H groups in total. The van der Waals surface area contributed by atoms with E-state index >= 15 is 0 Å². The van der Waals surface area contributed by atoms with Gasteiger partial charge in [0.1, 0.15) is 0 Å². The normalized spacial score (nSPS) is 12.9. The van der Waals surface area contributed by atoms with Gasteiger partial charge in [0.25, 0.3) is 0 Å². The van der Waals surface area contributed by atoms with Crippen molar-refractivity contribution in [2.45, 2.75) is 46.0 Å². The van der Waals surface area contributed by atoms with E-state index in [2.05, 4.69) is 0 Å². The van der Waals surface area contributed by atoms with Gasteiger partial charge in [0, 0.05) is 7.11 Å². The van der Waals surface area contributed by atoms with E-state index in [1.54, 1.807) is 27.7 Å². The Hall–Kier alpha value is -1.14. The molecule has 0 unspecified atom stereocenters. The highest BCUT2D eigenvalue weighted by atomic mass is 16.7. The van der Waals surface area contributed by atoms with Crippen LogP contribution in [-0.4, -0.2) is 44.2 Å². The number of rotatable bonds is 8. The van der Waals surface area contributed by atoms with Crippen molar-refractivity contribution in [2.24, 2.45) is 0 Å². The minimum absolute atomic E-state index is 0.195. The van der Waals surface area contributed by atoms with Crippen molar-refractivity contribution in [3.8, 4) is 0 Å². The first-order valence-corrected chi connectivity index (χ1v) is 5.91. The first kappa shape index (κ1) is 16.9. The average molecular weight is 262 g/mol. The molecule has 0 amide bonds. The fourth-order valence-corrected chi connectivity index (χ4v) is 1.17. The number of ether oxygens (including phenoxy) is 4. The van der Waals surface area contributed by atoms with Crippen LogP contribution in [-0.2, 0) is 28.5 Å². The molecular weight excluding hydrogens is 240 g/mol. The van der Waals surface area contributed by atoms with Crippen LogP contribution in [0.2, 0.25) is 0 Å². The molecule has 0 aliphatic rings. The number of hydrogen-bond donors (Lipinski definition) is 0. The van der Waals surface area contributed by atoms with Gasteiger partial charge in [-0.15, -0.1) is 0 Å². The Labute approximate surface area is 108 Å². The molecule has 0 heterocycles. The van der Waals surface area contributed by atoms with Crippen molar-refractivity contribution in [1.29, 1.82) is 0 Å². The minimum atomic E-state index is -1.03. The van der Waals surface area contributed by atoms with E-state index < -0.39 is 23.8 Å². The quantitative estimate of drug-likeness (QED) is 0.484. The highest BCUT2D eigenvalue weighted by Gasteiger charge is 2.31. The Morgan fingerprint density at radius 3 is 2.11 bits per heavy atom. The summed E-state index contributed by atoms with van der Waals surface area (Å²) in [6.07, 6.45) is -1.22. The third-order valence-corrected chi connectivity index (χ3v) is 2.12. The van der Waals surface area contributed by atoms with Crippen molar-refractivity contribution >= 4 is 11.9 Å². The maximum Gasteiger partial charge on any atom is 0.335 e. The number of carbonyl (C=O) groups excluding carboxylic acids is 2. The zero-order valence-electron chi connectivity index (χ0n) is 11.6. The third-order valence-electron chi connectivity index (χ3n) is 2.12. The molecule has 0 aliphatic heterocycles. The van der Waals surface area contributed by atoms with E-state index in [-0.39, 0.29) is 19.6 Å². The lowest BCUT2D eigenvalue weighted by Crippen LogP contribution is -2.39. The van der Waals surface area contributed by atoms with Crippen molar-refractivity contribution in [3.63, 3.8) is 0 Å². The molecule has 0 aliphatic carbocycles. The van der Waals surface area contributed by atoms with Crippen LogP contribution in [0.1, 0.15) is 34.1 Å². The number of carbonyl (C=O) groups is 2. The number of methoxy groups -OCH3 is 1. The topological polar surface area (TPSA) is 71.1 Å². The van der Waals surface area contributed by atoms with E-state index in [1.807, 2.05) is 0 Å². The molecular formula is C12H22O6. The van der Waals surface area contributed by atoms with Crippen LogP contribution in [0, 0.1) is 0 Å². The van der Waals surface area contributed by atoms with Crippen molar-refractivity contribution in [1.82, 2.24) is 0 Å². The standard InChI is InChI=1S/C12H22O6/c1-6-16-10(13)8-9(11(14)17-7-2)18-12(3,4)15-5/h9H,6-8H2,1-5H3/t9-/m0/s1. The summed E-state index contributed by atoms with van der Waals surface area (Å²) in [7, 11) is 1.45. The predicted octanol–water partition coefficient (Wildman–Crippen LogP) is 1.27. The number of esters is 2. The molecule has 0 aromatic heterocycles. The van der Waals surface area contributed by atoms with Crippen LogP contribution in [0.5, 0.6) is 0 Å². The minimum Gasteiger partial charge on any atom is -0.466 e. The van der Waals surface area contributed by atoms with Crippen LogP contribution in [0.15, 0.2) is 0 Å². The lowest BCUT2D eigenvalue weighted by atomic mass is 10.2. The molecule has 0 fully saturated rings. The van der Waals surface area contributed by atoms with E-state index in [9.17, 15) is 9.59 Å². The highest BCUT2D eigenvalue weighted by molar-refractivity contribution is 5.81. The summed E-state index contributed by atoms with van der Waals surface area (Å²) in [5, 5.41) is 0. The molecule has 0 rings (SSSR count). The second-order valence-electron chi connectivity index (χ2n) is 3.97. The SMILES string of the molecule is CCOC(=O)C[C@H](OC(C)(C)OC)C(=O)OCC. The molecule has 0 aromatic carbocycles. The van der Waals surface area contributed by atoms with Crippen LogP contribution in [0.25, 0.3) is 0 Å². The molecule has 0 aromatic rings. The Kier molecular flexibility index (Phi) is 7.54. The Bertz CT molecular complexity index is 274. The van der Waals surface area contributed by atoms with Gasteiger partial charge in [0.05, 0.1) is 19.6 Å². The van der Waals surface area contributed by atoms with E-state index in [4.69, 9.17) is 18.9 Å². The summed E-state index contributed by atoms with van der Waals surface area (Å²) in [5.41, 5.74) is 0. The summed E-state index contributed by atoms with van der Waals surface area (Å²) in [6, 6.07) is 0. The van der Waals surface area contributed by atoms with Gasteiger partial charge in [-0.1, -0.05) is 0 Å². The van der Waals surface area contributed by atoms with Gasteiger partial charge in [-0.2, -0.15) is 0 Å². The van der Waals surface area contributed by atoms with E-state index in [1.165, 1.54) is 7.11 Å². The third kappa shape index (κ3) is 6.56. The predicted molar refractivity (Wildman–Crippen MR) is 63.8 cm³/mol. The smallest absolute Gasteiger partial charge is 0.335 e. The molecule has 0 radical (unpaired) electrons. The van der Waals surface area contributed by atoms with Gasteiger partial charge in [-0.05, 0) is 27.7 Å².